The van der Waals surface area contributed by atoms with Gasteiger partial charge in [-0.15, -0.1) is 11.8 Å². The molecule has 0 aliphatic carbocycles. The Morgan fingerprint density at radius 2 is 1.86 bits per heavy atom. The van der Waals surface area contributed by atoms with Gasteiger partial charge in [-0.05, 0) is 53.6 Å². The number of hydrogen-bond donors (Lipinski definition) is 0. The number of carbonyl (C=O) groups excluding carboxylic acids is 2. The van der Waals surface area contributed by atoms with E-state index in [2.05, 4.69) is 11.1 Å². The average Bonchev–Trinajstić information content (AvgIpc) is 3.51. The number of thioether (sulfide) groups is 1. The Bertz CT molecular complexity index is 1510. The van der Waals surface area contributed by atoms with Crippen molar-refractivity contribution in [1.29, 1.82) is 5.26 Å². The molecule has 7 nitrogen and oxygen atoms in total. The molecule has 186 valence electrons. The van der Waals surface area contributed by atoms with Crippen LogP contribution in [0.4, 0.5) is 4.79 Å². The van der Waals surface area contributed by atoms with Crippen LogP contribution in [0.1, 0.15) is 30.0 Å². The van der Waals surface area contributed by atoms with E-state index in [9.17, 15) is 14.9 Å². The van der Waals surface area contributed by atoms with Crippen molar-refractivity contribution in [3.8, 4) is 6.07 Å². The minimum Gasteiger partial charge on any atom is -0.337 e. The van der Waals surface area contributed by atoms with Crippen LogP contribution in [-0.4, -0.2) is 44.1 Å². The molecule has 4 aromatic rings. The fourth-order valence-electron chi connectivity index (χ4n) is 5.09. The monoisotopic (exact) mass is 509 g/mol. The van der Waals surface area contributed by atoms with E-state index in [1.807, 2.05) is 84.6 Å². The largest absolute Gasteiger partial charge is 0.337 e. The van der Waals surface area contributed by atoms with E-state index < -0.39 is 5.54 Å². The highest BCUT2D eigenvalue weighted by Gasteiger charge is 2.55. The summed E-state index contributed by atoms with van der Waals surface area (Å²) in [4.78, 5) is 35.9. The Balaban J connectivity index is 1.55. The molecule has 0 N–H and O–H groups in total. The van der Waals surface area contributed by atoms with Crippen molar-refractivity contribution >= 4 is 34.5 Å². The van der Waals surface area contributed by atoms with Crippen LogP contribution < -0.4 is 0 Å². The van der Waals surface area contributed by atoms with Crippen molar-refractivity contribution in [3.05, 3.63) is 96.1 Å². The molecule has 5 rings (SSSR count). The van der Waals surface area contributed by atoms with E-state index in [1.54, 1.807) is 17.4 Å². The van der Waals surface area contributed by atoms with Crippen LogP contribution in [0.15, 0.2) is 84.3 Å². The lowest BCUT2D eigenvalue weighted by atomic mass is 9.86. The Morgan fingerprint density at radius 3 is 2.62 bits per heavy atom. The summed E-state index contributed by atoms with van der Waals surface area (Å²) in [5, 5.41) is 11.6. The van der Waals surface area contributed by atoms with E-state index in [4.69, 9.17) is 0 Å². The summed E-state index contributed by atoms with van der Waals surface area (Å²) >= 11 is 1.51. The van der Waals surface area contributed by atoms with E-state index in [1.165, 1.54) is 16.7 Å². The summed E-state index contributed by atoms with van der Waals surface area (Å²) < 4.78 is 1.93. The maximum absolute atomic E-state index is 14.1. The number of hydrogen-bond acceptors (Lipinski definition) is 5. The second-order valence-electron chi connectivity index (χ2n) is 9.22. The first-order chi connectivity index (χ1) is 18.0. The first-order valence-electron chi connectivity index (χ1n) is 12.1. The third-order valence-electron chi connectivity index (χ3n) is 7.06. The molecular weight excluding hydrogens is 482 g/mol. The zero-order valence-corrected chi connectivity index (χ0v) is 21.6. The Labute approximate surface area is 220 Å². The molecule has 37 heavy (non-hydrogen) atoms. The van der Waals surface area contributed by atoms with E-state index in [-0.39, 0.29) is 18.5 Å². The van der Waals surface area contributed by atoms with Crippen molar-refractivity contribution in [2.45, 2.75) is 36.9 Å². The van der Waals surface area contributed by atoms with E-state index in [0.29, 0.717) is 25.1 Å². The highest BCUT2D eigenvalue weighted by Crippen LogP contribution is 2.41. The number of aryl methyl sites for hydroxylation is 1. The quantitative estimate of drug-likeness (QED) is 0.235. The number of aromatic nitrogens is 2. The summed E-state index contributed by atoms with van der Waals surface area (Å²) in [5.74, 6) is -0.235. The topological polar surface area (TPSA) is 82.2 Å². The standard InChI is InChI=1S/C29H27N5O2S/c1-29(25-10-5-8-22-7-3-4-9-24(22)25)27(35)33(15-6-14-32-16-13-31-20-32)28(36)34(29)19-21-11-12-26(37-2)23(17-21)18-30/h3-5,7-13,16-17,20H,6,14-15,19H2,1-2H3. The SMILES string of the molecule is CSc1ccc(CN2C(=O)N(CCCn3ccnc3)C(=O)C2(C)c2cccc3ccccc23)cc1C#N. The minimum absolute atomic E-state index is 0.214. The number of amides is 3. The number of fused-ring (bicyclic) bond motifs is 1. The third-order valence-corrected chi connectivity index (χ3v) is 7.86. The second-order valence-corrected chi connectivity index (χ2v) is 10.1. The maximum Gasteiger partial charge on any atom is 0.328 e. The number of urea groups is 1. The van der Waals surface area contributed by atoms with Crippen molar-refractivity contribution in [3.63, 3.8) is 0 Å². The average molecular weight is 510 g/mol. The molecule has 3 amide bonds. The van der Waals surface area contributed by atoms with Gasteiger partial charge in [0, 0.05) is 36.9 Å². The molecule has 1 aromatic heterocycles. The van der Waals surface area contributed by atoms with Gasteiger partial charge in [-0.2, -0.15) is 5.26 Å². The van der Waals surface area contributed by atoms with Gasteiger partial charge < -0.3 is 9.47 Å². The van der Waals surface area contributed by atoms with Crippen LogP contribution in [0.3, 0.4) is 0 Å². The maximum atomic E-state index is 14.1. The highest BCUT2D eigenvalue weighted by atomic mass is 32.2. The number of nitrogens with zero attached hydrogens (tertiary/aromatic N) is 5. The van der Waals surface area contributed by atoms with Crippen LogP contribution in [0, 0.1) is 11.3 Å². The second kappa shape index (κ2) is 10.1. The van der Waals surface area contributed by atoms with Gasteiger partial charge in [0.1, 0.15) is 11.6 Å². The molecule has 1 fully saturated rings. The van der Waals surface area contributed by atoms with Gasteiger partial charge in [0.05, 0.1) is 11.9 Å². The van der Waals surface area contributed by atoms with E-state index >= 15 is 0 Å². The lowest BCUT2D eigenvalue weighted by Crippen LogP contribution is -2.44. The molecule has 1 aliphatic rings. The van der Waals surface area contributed by atoms with Crippen molar-refractivity contribution in [1.82, 2.24) is 19.4 Å². The molecule has 0 radical (unpaired) electrons. The Hall–Kier alpha value is -4.09. The van der Waals surface area contributed by atoms with Crippen molar-refractivity contribution < 1.29 is 9.59 Å². The van der Waals surface area contributed by atoms with Gasteiger partial charge in [0.2, 0.25) is 0 Å². The zero-order chi connectivity index (χ0) is 26.0. The number of rotatable bonds is 8. The summed E-state index contributed by atoms with van der Waals surface area (Å²) in [5.41, 5.74) is 0.967. The van der Waals surface area contributed by atoms with Gasteiger partial charge >= 0.3 is 6.03 Å². The smallest absolute Gasteiger partial charge is 0.328 e. The normalized spacial score (nSPS) is 17.5. The fourth-order valence-corrected chi connectivity index (χ4v) is 5.62. The number of nitriles is 1. The molecule has 0 spiro atoms. The third kappa shape index (κ3) is 4.36. The molecule has 3 aromatic carbocycles. The summed E-state index contributed by atoms with van der Waals surface area (Å²) in [6, 6.07) is 21.4. The lowest BCUT2D eigenvalue weighted by molar-refractivity contribution is -0.133. The van der Waals surface area contributed by atoms with Gasteiger partial charge in [0.25, 0.3) is 5.91 Å². The van der Waals surface area contributed by atoms with Crippen LogP contribution >= 0.6 is 11.8 Å². The molecular formula is C29H27N5O2S. The number of imidazole rings is 1. The molecule has 1 aliphatic heterocycles. The molecule has 0 saturated carbocycles. The van der Waals surface area contributed by atoms with Gasteiger partial charge in [-0.25, -0.2) is 9.78 Å². The van der Waals surface area contributed by atoms with Crippen LogP contribution in [0.5, 0.6) is 0 Å². The number of benzene rings is 3. The van der Waals surface area contributed by atoms with Crippen LogP contribution in [-0.2, 0) is 23.4 Å². The fraction of sp³-hybridized carbons (Fsp3) is 0.241. The lowest BCUT2D eigenvalue weighted by Gasteiger charge is -2.33. The zero-order valence-electron chi connectivity index (χ0n) is 20.8. The Morgan fingerprint density at radius 1 is 1.05 bits per heavy atom. The molecule has 8 heteroatoms. The first kappa shape index (κ1) is 24.6. The summed E-state index contributed by atoms with van der Waals surface area (Å²) in [7, 11) is 0. The number of carbonyl (C=O) groups is 2. The molecule has 0 bridgehead atoms. The van der Waals surface area contributed by atoms with Crippen LogP contribution in [0.25, 0.3) is 10.8 Å². The van der Waals surface area contributed by atoms with Gasteiger partial charge in [0.15, 0.2) is 0 Å². The molecule has 2 heterocycles. The first-order valence-corrected chi connectivity index (χ1v) is 13.3. The van der Waals surface area contributed by atoms with E-state index in [0.717, 1.165) is 26.8 Å². The van der Waals surface area contributed by atoms with Gasteiger partial charge in [-0.3, -0.25) is 9.69 Å². The predicted octanol–water partition coefficient (Wildman–Crippen LogP) is 5.40. The molecule has 1 atom stereocenters. The predicted molar refractivity (Wildman–Crippen MR) is 144 cm³/mol. The number of imide groups is 1. The molecule has 1 unspecified atom stereocenters. The van der Waals surface area contributed by atoms with Crippen LogP contribution in [0.2, 0.25) is 0 Å². The highest BCUT2D eigenvalue weighted by molar-refractivity contribution is 7.98. The van der Waals surface area contributed by atoms with Crippen molar-refractivity contribution in [2.75, 3.05) is 12.8 Å². The summed E-state index contributed by atoms with van der Waals surface area (Å²) in [6.07, 6.45) is 7.85. The van der Waals surface area contributed by atoms with Gasteiger partial charge in [-0.1, -0.05) is 48.5 Å². The minimum atomic E-state index is -1.20. The molecule has 1 saturated heterocycles. The Kier molecular flexibility index (Phi) is 6.72. The van der Waals surface area contributed by atoms with Crippen molar-refractivity contribution in [2.24, 2.45) is 0 Å². The summed E-state index contributed by atoms with van der Waals surface area (Å²) in [6.45, 7) is 3.02.